The average molecular weight is 382 g/mol. The SMILES string of the molecule is CN1CCCCC1CN1CCC(Cn2cnc(-c3ccncc3)cc2=O)CC1. The number of pyridine rings is 1. The molecule has 2 aromatic rings. The molecule has 0 N–H and O–H groups in total. The van der Waals surface area contributed by atoms with Crippen molar-refractivity contribution in [1.82, 2.24) is 24.3 Å². The smallest absolute Gasteiger partial charge is 0.253 e. The summed E-state index contributed by atoms with van der Waals surface area (Å²) in [5.41, 5.74) is 1.68. The van der Waals surface area contributed by atoms with Gasteiger partial charge < -0.3 is 9.80 Å². The zero-order valence-corrected chi connectivity index (χ0v) is 16.8. The molecule has 2 saturated heterocycles. The van der Waals surface area contributed by atoms with Crippen molar-refractivity contribution in [2.45, 2.75) is 44.7 Å². The molecule has 4 rings (SSSR count). The Labute approximate surface area is 167 Å². The van der Waals surface area contributed by atoms with Crippen LogP contribution in [0.3, 0.4) is 0 Å². The molecule has 1 unspecified atom stereocenters. The molecular formula is C22H31N5O. The Bertz CT molecular complexity index is 813. The largest absolute Gasteiger partial charge is 0.302 e. The summed E-state index contributed by atoms with van der Waals surface area (Å²) in [6, 6.07) is 6.12. The minimum absolute atomic E-state index is 0.0353. The molecule has 2 aliphatic rings. The maximum atomic E-state index is 12.5. The molecule has 150 valence electrons. The molecule has 4 heterocycles. The number of rotatable bonds is 5. The lowest BCUT2D eigenvalue weighted by Gasteiger charge is -2.39. The first kappa shape index (κ1) is 19.3. The van der Waals surface area contributed by atoms with E-state index in [1.165, 1.54) is 32.4 Å². The summed E-state index contributed by atoms with van der Waals surface area (Å²) in [6.45, 7) is 5.51. The standard InChI is InChI=1S/C22H31N5O/c1-25-11-3-2-4-20(25)16-26-12-7-18(8-13-26)15-27-17-24-21(14-22(27)28)19-5-9-23-10-6-19/h5-6,9-10,14,17-18,20H,2-4,7-8,11-13,15-16H2,1H3. The molecule has 2 fully saturated rings. The number of piperidine rings is 2. The Balaban J connectivity index is 1.30. The summed E-state index contributed by atoms with van der Waals surface area (Å²) in [4.78, 5) is 26.2. The summed E-state index contributed by atoms with van der Waals surface area (Å²) in [7, 11) is 2.27. The highest BCUT2D eigenvalue weighted by molar-refractivity contribution is 5.57. The van der Waals surface area contributed by atoms with Crippen LogP contribution in [0.4, 0.5) is 0 Å². The van der Waals surface area contributed by atoms with Gasteiger partial charge in [0.2, 0.25) is 0 Å². The van der Waals surface area contributed by atoms with Crippen molar-refractivity contribution in [2.75, 3.05) is 33.2 Å². The van der Waals surface area contributed by atoms with Gasteiger partial charge >= 0.3 is 0 Å². The maximum absolute atomic E-state index is 12.5. The second-order valence-electron chi connectivity index (χ2n) is 8.37. The van der Waals surface area contributed by atoms with E-state index in [1.807, 2.05) is 12.1 Å². The van der Waals surface area contributed by atoms with Gasteiger partial charge in [0.05, 0.1) is 12.0 Å². The monoisotopic (exact) mass is 381 g/mol. The lowest BCUT2D eigenvalue weighted by Crippen LogP contribution is -2.47. The van der Waals surface area contributed by atoms with E-state index in [1.54, 1.807) is 29.4 Å². The molecule has 0 aliphatic carbocycles. The topological polar surface area (TPSA) is 54.3 Å². The molecule has 28 heavy (non-hydrogen) atoms. The second kappa shape index (κ2) is 8.97. The molecule has 0 saturated carbocycles. The van der Waals surface area contributed by atoms with Gasteiger partial charge in [0.15, 0.2) is 0 Å². The molecular weight excluding hydrogens is 350 g/mol. The average Bonchev–Trinajstić information content (AvgIpc) is 2.73. The van der Waals surface area contributed by atoms with Crippen LogP contribution < -0.4 is 5.56 Å². The zero-order chi connectivity index (χ0) is 19.3. The lowest BCUT2D eigenvalue weighted by atomic mass is 9.95. The minimum Gasteiger partial charge on any atom is -0.302 e. The van der Waals surface area contributed by atoms with Gasteiger partial charge in [0, 0.05) is 43.2 Å². The summed E-state index contributed by atoms with van der Waals surface area (Å²) >= 11 is 0. The Hall–Kier alpha value is -2.05. The molecule has 0 aromatic carbocycles. The number of hydrogen-bond acceptors (Lipinski definition) is 5. The first-order valence-electron chi connectivity index (χ1n) is 10.6. The number of likely N-dealkylation sites (tertiary alicyclic amines) is 2. The van der Waals surface area contributed by atoms with Crippen molar-refractivity contribution in [3.63, 3.8) is 0 Å². The third-order valence-corrected chi connectivity index (χ3v) is 6.41. The third kappa shape index (κ3) is 4.67. The quantitative estimate of drug-likeness (QED) is 0.797. The predicted octanol–water partition coefficient (Wildman–Crippen LogP) is 2.50. The van der Waals surface area contributed by atoms with Crippen molar-refractivity contribution in [2.24, 2.45) is 5.92 Å². The van der Waals surface area contributed by atoms with E-state index in [2.05, 4.69) is 26.8 Å². The molecule has 0 radical (unpaired) electrons. The van der Waals surface area contributed by atoms with Gasteiger partial charge in [0.25, 0.3) is 5.56 Å². The summed E-state index contributed by atoms with van der Waals surface area (Å²) in [6.07, 6.45) is 11.5. The first-order valence-corrected chi connectivity index (χ1v) is 10.6. The molecule has 0 spiro atoms. The van der Waals surface area contributed by atoms with E-state index in [4.69, 9.17) is 0 Å². The van der Waals surface area contributed by atoms with Crippen LogP contribution in [-0.2, 0) is 6.54 Å². The van der Waals surface area contributed by atoms with Crippen molar-refractivity contribution < 1.29 is 0 Å². The fourth-order valence-corrected chi connectivity index (χ4v) is 4.55. The van der Waals surface area contributed by atoms with E-state index < -0.39 is 0 Å². The Morgan fingerprint density at radius 2 is 1.82 bits per heavy atom. The van der Waals surface area contributed by atoms with E-state index in [0.717, 1.165) is 49.8 Å². The Morgan fingerprint density at radius 1 is 1.04 bits per heavy atom. The van der Waals surface area contributed by atoms with Crippen LogP contribution in [-0.4, -0.2) is 63.6 Å². The maximum Gasteiger partial charge on any atom is 0.253 e. The fourth-order valence-electron chi connectivity index (χ4n) is 4.55. The number of nitrogens with zero attached hydrogens (tertiary/aromatic N) is 5. The van der Waals surface area contributed by atoms with E-state index >= 15 is 0 Å². The fraction of sp³-hybridized carbons (Fsp3) is 0.591. The molecule has 2 aromatic heterocycles. The molecule has 2 aliphatic heterocycles. The van der Waals surface area contributed by atoms with Gasteiger partial charge in [-0.05, 0) is 70.4 Å². The predicted molar refractivity (Wildman–Crippen MR) is 111 cm³/mol. The van der Waals surface area contributed by atoms with Crippen LogP contribution in [0.2, 0.25) is 0 Å². The van der Waals surface area contributed by atoms with Gasteiger partial charge in [-0.1, -0.05) is 6.42 Å². The third-order valence-electron chi connectivity index (χ3n) is 6.41. The first-order chi connectivity index (χ1) is 13.7. The summed E-state index contributed by atoms with van der Waals surface area (Å²) in [5, 5.41) is 0. The highest BCUT2D eigenvalue weighted by Crippen LogP contribution is 2.22. The van der Waals surface area contributed by atoms with Gasteiger partial charge in [-0.25, -0.2) is 4.98 Å². The van der Waals surface area contributed by atoms with E-state index in [9.17, 15) is 4.79 Å². The Kier molecular flexibility index (Phi) is 6.17. The Morgan fingerprint density at radius 3 is 2.54 bits per heavy atom. The minimum atomic E-state index is 0.0353. The van der Waals surface area contributed by atoms with Crippen LogP contribution in [0, 0.1) is 5.92 Å². The van der Waals surface area contributed by atoms with Gasteiger partial charge in [0.1, 0.15) is 0 Å². The number of hydrogen-bond donors (Lipinski definition) is 0. The van der Waals surface area contributed by atoms with Gasteiger partial charge in [-0.3, -0.25) is 14.3 Å². The second-order valence-corrected chi connectivity index (χ2v) is 8.37. The van der Waals surface area contributed by atoms with E-state index in [0.29, 0.717) is 5.92 Å². The number of aromatic nitrogens is 3. The van der Waals surface area contributed by atoms with E-state index in [-0.39, 0.29) is 5.56 Å². The highest BCUT2D eigenvalue weighted by atomic mass is 16.1. The highest BCUT2D eigenvalue weighted by Gasteiger charge is 2.25. The number of likely N-dealkylation sites (N-methyl/N-ethyl adjacent to an activating group) is 1. The molecule has 0 amide bonds. The zero-order valence-electron chi connectivity index (χ0n) is 16.8. The molecule has 1 atom stereocenters. The molecule has 6 heteroatoms. The van der Waals surface area contributed by atoms with Crippen molar-refractivity contribution >= 4 is 0 Å². The van der Waals surface area contributed by atoms with Crippen LogP contribution in [0.1, 0.15) is 32.1 Å². The molecule has 6 nitrogen and oxygen atoms in total. The van der Waals surface area contributed by atoms with Crippen molar-refractivity contribution in [1.29, 1.82) is 0 Å². The lowest BCUT2D eigenvalue weighted by molar-refractivity contribution is 0.100. The normalized spacial score (nSPS) is 22.4. The van der Waals surface area contributed by atoms with Crippen LogP contribution in [0.5, 0.6) is 0 Å². The van der Waals surface area contributed by atoms with Crippen LogP contribution in [0.25, 0.3) is 11.3 Å². The van der Waals surface area contributed by atoms with Gasteiger partial charge in [-0.2, -0.15) is 0 Å². The van der Waals surface area contributed by atoms with Crippen molar-refractivity contribution in [3.8, 4) is 11.3 Å². The van der Waals surface area contributed by atoms with Crippen molar-refractivity contribution in [3.05, 3.63) is 47.3 Å². The van der Waals surface area contributed by atoms with Gasteiger partial charge in [-0.15, -0.1) is 0 Å². The molecule has 0 bridgehead atoms. The summed E-state index contributed by atoms with van der Waals surface area (Å²) < 4.78 is 1.78. The van der Waals surface area contributed by atoms with Crippen LogP contribution in [0.15, 0.2) is 41.7 Å². The van der Waals surface area contributed by atoms with Crippen LogP contribution >= 0.6 is 0 Å². The summed E-state index contributed by atoms with van der Waals surface area (Å²) in [5.74, 6) is 0.562.